The van der Waals surface area contributed by atoms with Gasteiger partial charge in [0.1, 0.15) is 5.82 Å². The average Bonchev–Trinajstić information content (AvgIpc) is 2.76. The van der Waals surface area contributed by atoms with E-state index >= 15 is 0 Å². The van der Waals surface area contributed by atoms with Gasteiger partial charge in [0.2, 0.25) is 0 Å². The van der Waals surface area contributed by atoms with E-state index in [-0.39, 0.29) is 18.5 Å². The summed E-state index contributed by atoms with van der Waals surface area (Å²) < 4.78 is 13.5. The summed E-state index contributed by atoms with van der Waals surface area (Å²) in [7, 11) is 0. The van der Waals surface area contributed by atoms with Crippen LogP contribution < -0.4 is 5.32 Å². The fourth-order valence-electron chi connectivity index (χ4n) is 2.46. The van der Waals surface area contributed by atoms with Gasteiger partial charge in [-0.15, -0.1) is 0 Å². The molecule has 1 saturated carbocycles. The van der Waals surface area contributed by atoms with E-state index in [0.717, 1.165) is 19.3 Å². The molecule has 0 spiro atoms. The van der Waals surface area contributed by atoms with Crippen molar-refractivity contribution in [3.63, 3.8) is 0 Å². The Morgan fingerprint density at radius 1 is 1.41 bits per heavy atom. The van der Waals surface area contributed by atoms with Crippen LogP contribution in [0.1, 0.15) is 24.8 Å². The molecule has 0 saturated heterocycles. The van der Waals surface area contributed by atoms with Gasteiger partial charge in [0.25, 0.3) is 0 Å². The zero-order valence-electron chi connectivity index (χ0n) is 9.63. The van der Waals surface area contributed by atoms with Crippen molar-refractivity contribution >= 4 is 11.6 Å². The minimum absolute atomic E-state index is 0.197. The minimum Gasteiger partial charge on any atom is -0.396 e. The van der Waals surface area contributed by atoms with Gasteiger partial charge in [0.15, 0.2) is 0 Å². The molecule has 0 aliphatic heterocycles. The molecular formula is C13H17ClFNO. The van der Waals surface area contributed by atoms with E-state index in [4.69, 9.17) is 11.6 Å². The largest absolute Gasteiger partial charge is 0.396 e. The normalized spacial score (nSPS) is 24.2. The monoisotopic (exact) mass is 257 g/mol. The maximum Gasteiger partial charge on any atom is 0.129 e. The number of hydrogen-bond acceptors (Lipinski definition) is 2. The zero-order valence-corrected chi connectivity index (χ0v) is 10.4. The fraction of sp³-hybridized carbons (Fsp3) is 0.538. The summed E-state index contributed by atoms with van der Waals surface area (Å²) >= 11 is 5.96. The van der Waals surface area contributed by atoms with Gasteiger partial charge in [-0.25, -0.2) is 4.39 Å². The van der Waals surface area contributed by atoms with Crippen LogP contribution in [0.25, 0.3) is 0 Å². The summed E-state index contributed by atoms with van der Waals surface area (Å²) in [5.41, 5.74) is 0.512. The number of rotatable bonds is 4. The lowest BCUT2D eigenvalue weighted by Gasteiger charge is -2.19. The number of benzene rings is 1. The third-order valence-electron chi connectivity index (χ3n) is 3.50. The van der Waals surface area contributed by atoms with Crippen molar-refractivity contribution in [2.45, 2.75) is 31.8 Å². The summed E-state index contributed by atoms with van der Waals surface area (Å²) in [5.74, 6) is 0.0177. The Kier molecular flexibility index (Phi) is 4.37. The third kappa shape index (κ3) is 2.97. The quantitative estimate of drug-likeness (QED) is 0.869. The van der Waals surface area contributed by atoms with E-state index in [1.54, 1.807) is 12.1 Å². The summed E-state index contributed by atoms with van der Waals surface area (Å²) in [6.45, 7) is 0.620. The van der Waals surface area contributed by atoms with Crippen LogP contribution in [0.15, 0.2) is 18.2 Å². The summed E-state index contributed by atoms with van der Waals surface area (Å²) in [4.78, 5) is 0. The van der Waals surface area contributed by atoms with Crippen LogP contribution in [0, 0.1) is 11.7 Å². The summed E-state index contributed by atoms with van der Waals surface area (Å²) in [6.07, 6.45) is 3.20. The van der Waals surface area contributed by atoms with Crippen LogP contribution in [-0.2, 0) is 6.54 Å². The summed E-state index contributed by atoms with van der Waals surface area (Å²) in [5, 5.41) is 13.0. The Bertz CT molecular complexity index is 365. The molecule has 1 aliphatic carbocycles. The second kappa shape index (κ2) is 5.80. The first-order valence-corrected chi connectivity index (χ1v) is 6.37. The lowest BCUT2D eigenvalue weighted by molar-refractivity contribution is 0.205. The van der Waals surface area contributed by atoms with Crippen LogP contribution in [0.3, 0.4) is 0 Å². The van der Waals surface area contributed by atoms with Gasteiger partial charge in [-0.1, -0.05) is 24.1 Å². The molecule has 2 N–H and O–H groups in total. The van der Waals surface area contributed by atoms with Crippen molar-refractivity contribution in [1.29, 1.82) is 0 Å². The Morgan fingerprint density at radius 2 is 2.24 bits per heavy atom. The Labute approximate surface area is 106 Å². The van der Waals surface area contributed by atoms with Gasteiger partial charge < -0.3 is 10.4 Å². The van der Waals surface area contributed by atoms with E-state index in [2.05, 4.69) is 5.32 Å². The molecule has 1 aromatic carbocycles. The number of aliphatic hydroxyl groups is 1. The lowest BCUT2D eigenvalue weighted by atomic mass is 10.0. The molecule has 2 rings (SSSR count). The zero-order chi connectivity index (χ0) is 12.3. The maximum absolute atomic E-state index is 13.5. The van der Waals surface area contributed by atoms with Crippen LogP contribution >= 0.6 is 11.6 Å². The molecule has 94 valence electrons. The molecule has 4 heteroatoms. The van der Waals surface area contributed by atoms with Gasteiger partial charge in [0, 0.05) is 29.8 Å². The van der Waals surface area contributed by atoms with Crippen LogP contribution in [0.4, 0.5) is 4.39 Å². The van der Waals surface area contributed by atoms with Gasteiger partial charge in [-0.05, 0) is 30.9 Å². The Morgan fingerprint density at radius 3 is 2.94 bits per heavy atom. The lowest BCUT2D eigenvalue weighted by Crippen LogP contribution is -2.33. The SMILES string of the molecule is OCC1CCCC1NCc1c(F)cccc1Cl. The van der Waals surface area contributed by atoms with Gasteiger partial charge in [0.05, 0.1) is 0 Å². The van der Waals surface area contributed by atoms with Gasteiger partial charge >= 0.3 is 0 Å². The van der Waals surface area contributed by atoms with E-state index in [1.807, 2.05) is 0 Å². The molecule has 0 radical (unpaired) electrons. The van der Waals surface area contributed by atoms with Crippen molar-refractivity contribution in [3.8, 4) is 0 Å². The van der Waals surface area contributed by atoms with Crippen LogP contribution in [0.5, 0.6) is 0 Å². The highest BCUT2D eigenvalue weighted by Gasteiger charge is 2.26. The molecule has 2 nitrogen and oxygen atoms in total. The minimum atomic E-state index is -0.274. The van der Waals surface area contributed by atoms with Crippen molar-refractivity contribution < 1.29 is 9.50 Å². The van der Waals surface area contributed by atoms with Crippen molar-refractivity contribution in [1.82, 2.24) is 5.32 Å². The molecule has 0 aromatic heterocycles. The van der Waals surface area contributed by atoms with Crippen LogP contribution in [0.2, 0.25) is 5.02 Å². The van der Waals surface area contributed by atoms with Crippen molar-refractivity contribution in [2.24, 2.45) is 5.92 Å². The van der Waals surface area contributed by atoms with Gasteiger partial charge in [-0.3, -0.25) is 0 Å². The van der Waals surface area contributed by atoms with E-state index in [1.165, 1.54) is 6.07 Å². The highest BCUT2D eigenvalue weighted by atomic mass is 35.5. The molecule has 1 fully saturated rings. The second-order valence-electron chi connectivity index (χ2n) is 4.56. The fourth-order valence-corrected chi connectivity index (χ4v) is 2.69. The van der Waals surface area contributed by atoms with Crippen molar-refractivity contribution in [2.75, 3.05) is 6.61 Å². The second-order valence-corrected chi connectivity index (χ2v) is 4.97. The Hall–Kier alpha value is -0.640. The first kappa shape index (κ1) is 12.8. The number of nitrogens with one attached hydrogen (secondary N) is 1. The van der Waals surface area contributed by atoms with Crippen molar-refractivity contribution in [3.05, 3.63) is 34.6 Å². The molecule has 0 amide bonds. The molecule has 1 aliphatic rings. The molecule has 2 atom stereocenters. The van der Waals surface area contributed by atoms with E-state index in [9.17, 15) is 9.50 Å². The topological polar surface area (TPSA) is 32.3 Å². The highest BCUT2D eigenvalue weighted by molar-refractivity contribution is 6.31. The predicted octanol–water partition coefficient (Wildman–Crippen LogP) is 2.73. The maximum atomic E-state index is 13.5. The first-order valence-electron chi connectivity index (χ1n) is 5.99. The number of halogens is 2. The molecule has 2 unspecified atom stereocenters. The molecule has 17 heavy (non-hydrogen) atoms. The Balaban J connectivity index is 1.98. The molecule has 0 heterocycles. The molecule has 1 aromatic rings. The van der Waals surface area contributed by atoms with Gasteiger partial charge in [-0.2, -0.15) is 0 Å². The summed E-state index contributed by atoms with van der Waals surface area (Å²) in [6, 6.07) is 4.99. The number of hydrogen-bond donors (Lipinski definition) is 2. The standard InChI is InChI=1S/C13H17ClFNO/c14-11-4-2-5-12(15)10(11)7-16-13-6-1-3-9(13)8-17/h2,4-5,9,13,16-17H,1,3,6-8H2. The third-order valence-corrected chi connectivity index (χ3v) is 3.85. The average molecular weight is 258 g/mol. The molecular weight excluding hydrogens is 241 g/mol. The van der Waals surface area contributed by atoms with E-state index < -0.39 is 0 Å². The van der Waals surface area contributed by atoms with E-state index in [0.29, 0.717) is 23.0 Å². The first-order chi connectivity index (χ1) is 8.22. The predicted molar refractivity (Wildman–Crippen MR) is 66.5 cm³/mol. The smallest absolute Gasteiger partial charge is 0.129 e. The number of aliphatic hydroxyl groups excluding tert-OH is 1. The molecule has 0 bridgehead atoms. The highest BCUT2D eigenvalue weighted by Crippen LogP contribution is 2.26. The van der Waals surface area contributed by atoms with Crippen LogP contribution in [-0.4, -0.2) is 17.8 Å².